The molecule has 1 saturated carbocycles. The zero-order chi connectivity index (χ0) is 15.6. The summed E-state index contributed by atoms with van der Waals surface area (Å²) >= 11 is 0. The molecule has 1 fully saturated rings. The molecule has 0 heterocycles. The van der Waals surface area contributed by atoms with Gasteiger partial charge in [-0.15, -0.1) is 0 Å². The van der Waals surface area contributed by atoms with E-state index >= 15 is 0 Å². The van der Waals surface area contributed by atoms with E-state index in [0.717, 1.165) is 12.8 Å². The molecule has 0 spiro atoms. The van der Waals surface area contributed by atoms with E-state index in [0.29, 0.717) is 25.0 Å². The maximum Gasteiger partial charge on any atom is 0.285 e. The van der Waals surface area contributed by atoms with Crippen molar-refractivity contribution >= 4 is 11.6 Å². The average Bonchev–Trinajstić information content (AvgIpc) is 2.43. The number of carbonyl (C=O) groups excluding carboxylic acids is 1. The molecular weight excluding hydrogens is 284 g/mol. The van der Waals surface area contributed by atoms with Crippen LogP contribution in [0.5, 0.6) is 0 Å². The molecule has 0 saturated heterocycles. The van der Waals surface area contributed by atoms with Gasteiger partial charge in [0.15, 0.2) is 11.6 Å². The molecule has 1 aromatic rings. The van der Waals surface area contributed by atoms with Gasteiger partial charge in [-0.3, -0.25) is 14.9 Å². The summed E-state index contributed by atoms with van der Waals surface area (Å²) in [5.41, 5.74) is 4.52. The van der Waals surface area contributed by atoms with Crippen LogP contribution in [0.1, 0.15) is 36.0 Å². The molecule has 0 unspecified atom stereocenters. The van der Waals surface area contributed by atoms with Crippen LogP contribution in [-0.4, -0.2) is 22.9 Å². The van der Waals surface area contributed by atoms with E-state index in [4.69, 9.17) is 5.73 Å². The van der Waals surface area contributed by atoms with Crippen molar-refractivity contribution in [2.45, 2.75) is 37.8 Å². The lowest BCUT2D eigenvalue weighted by Crippen LogP contribution is -2.40. The number of benzene rings is 1. The SMILES string of the molecule is NC1CCC(NC(=O)c2cc(F)c(F)cc2[N+](=O)[O-])CC1. The fraction of sp³-hybridized carbons (Fsp3) is 0.462. The fourth-order valence-corrected chi connectivity index (χ4v) is 2.40. The van der Waals surface area contributed by atoms with Gasteiger partial charge in [-0.05, 0) is 31.7 Å². The summed E-state index contributed by atoms with van der Waals surface area (Å²) < 4.78 is 26.3. The van der Waals surface area contributed by atoms with E-state index in [2.05, 4.69) is 5.32 Å². The summed E-state index contributed by atoms with van der Waals surface area (Å²) in [6, 6.07) is 0.902. The molecule has 2 rings (SSSR count). The fourth-order valence-electron chi connectivity index (χ4n) is 2.40. The Labute approximate surface area is 119 Å². The van der Waals surface area contributed by atoms with Crippen molar-refractivity contribution in [2.24, 2.45) is 5.73 Å². The topological polar surface area (TPSA) is 98.3 Å². The first-order chi connectivity index (χ1) is 9.88. The monoisotopic (exact) mass is 299 g/mol. The highest BCUT2D eigenvalue weighted by molar-refractivity contribution is 5.98. The molecule has 0 atom stereocenters. The van der Waals surface area contributed by atoms with Gasteiger partial charge >= 0.3 is 0 Å². The zero-order valence-corrected chi connectivity index (χ0v) is 11.1. The largest absolute Gasteiger partial charge is 0.349 e. The number of rotatable bonds is 3. The summed E-state index contributed by atoms with van der Waals surface area (Å²) in [6.07, 6.45) is 2.80. The lowest BCUT2D eigenvalue weighted by molar-refractivity contribution is -0.385. The molecule has 114 valence electrons. The van der Waals surface area contributed by atoms with Gasteiger partial charge in [-0.2, -0.15) is 0 Å². The third kappa shape index (κ3) is 3.52. The number of nitro groups is 1. The minimum absolute atomic E-state index is 0.0933. The molecule has 1 aliphatic carbocycles. The number of hydrogen-bond acceptors (Lipinski definition) is 4. The van der Waals surface area contributed by atoms with Crippen LogP contribution < -0.4 is 11.1 Å². The van der Waals surface area contributed by atoms with Crippen molar-refractivity contribution in [3.8, 4) is 0 Å². The summed E-state index contributed by atoms with van der Waals surface area (Å²) in [7, 11) is 0. The number of hydrogen-bond donors (Lipinski definition) is 2. The molecule has 0 aliphatic heterocycles. The van der Waals surface area contributed by atoms with Crippen LogP contribution in [0.25, 0.3) is 0 Å². The van der Waals surface area contributed by atoms with Crippen LogP contribution in [0.3, 0.4) is 0 Å². The third-order valence-corrected chi connectivity index (χ3v) is 3.59. The van der Waals surface area contributed by atoms with Crippen LogP contribution in [0, 0.1) is 21.7 Å². The Morgan fingerprint density at radius 2 is 1.81 bits per heavy atom. The van der Waals surface area contributed by atoms with Crippen molar-refractivity contribution in [1.82, 2.24) is 5.32 Å². The predicted octanol–water partition coefficient (Wildman–Crippen LogP) is 1.87. The van der Waals surface area contributed by atoms with Gasteiger partial charge in [-0.1, -0.05) is 0 Å². The van der Waals surface area contributed by atoms with Crippen molar-refractivity contribution in [3.63, 3.8) is 0 Å². The van der Waals surface area contributed by atoms with Crippen LogP contribution in [0.4, 0.5) is 14.5 Å². The van der Waals surface area contributed by atoms with Crippen LogP contribution >= 0.6 is 0 Å². The number of nitrogens with two attached hydrogens (primary N) is 1. The van der Waals surface area contributed by atoms with E-state index in [1.54, 1.807) is 0 Å². The molecule has 0 bridgehead atoms. The Morgan fingerprint density at radius 1 is 1.24 bits per heavy atom. The zero-order valence-electron chi connectivity index (χ0n) is 11.1. The lowest BCUT2D eigenvalue weighted by atomic mass is 9.91. The van der Waals surface area contributed by atoms with Crippen LogP contribution in [-0.2, 0) is 0 Å². The maximum atomic E-state index is 13.2. The van der Waals surface area contributed by atoms with Crippen molar-refractivity contribution < 1.29 is 18.5 Å². The third-order valence-electron chi connectivity index (χ3n) is 3.59. The normalized spacial score (nSPS) is 21.9. The second-order valence-electron chi connectivity index (χ2n) is 5.13. The summed E-state index contributed by atoms with van der Waals surface area (Å²) in [4.78, 5) is 22.0. The van der Waals surface area contributed by atoms with Crippen LogP contribution in [0.2, 0.25) is 0 Å². The molecule has 0 aromatic heterocycles. The first kappa shape index (κ1) is 15.3. The molecule has 0 radical (unpaired) electrons. The molecular formula is C13H15F2N3O3. The Morgan fingerprint density at radius 3 is 2.38 bits per heavy atom. The van der Waals surface area contributed by atoms with Gasteiger partial charge < -0.3 is 11.1 Å². The number of carbonyl (C=O) groups is 1. The molecule has 3 N–H and O–H groups in total. The molecule has 1 aromatic carbocycles. The highest BCUT2D eigenvalue weighted by atomic mass is 19.2. The molecule has 1 aliphatic rings. The van der Waals surface area contributed by atoms with Gasteiger partial charge in [-0.25, -0.2) is 8.78 Å². The number of nitro benzene ring substituents is 1. The van der Waals surface area contributed by atoms with E-state index in [-0.39, 0.29) is 12.1 Å². The van der Waals surface area contributed by atoms with Crippen LogP contribution in [0.15, 0.2) is 12.1 Å². The van der Waals surface area contributed by atoms with Gasteiger partial charge in [0.05, 0.1) is 11.0 Å². The quantitative estimate of drug-likeness (QED) is 0.657. The van der Waals surface area contributed by atoms with E-state index in [1.807, 2.05) is 0 Å². The summed E-state index contributed by atoms with van der Waals surface area (Å²) in [5.74, 6) is -3.43. The number of nitrogens with zero attached hydrogens (tertiary/aromatic N) is 1. The smallest absolute Gasteiger partial charge is 0.285 e. The minimum Gasteiger partial charge on any atom is -0.349 e. The molecule has 1 amide bonds. The molecule has 8 heteroatoms. The number of amides is 1. The van der Waals surface area contributed by atoms with Gasteiger partial charge in [0.25, 0.3) is 11.6 Å². The standard InChI is InChI=1S/C13H15F2N3O3/c14-10-5-9(12(18(20)21)6-11(10)15)13(19)17-8-3-1-7(16)2-4-8/h5-8H,1-4,16H2,(H,17,19). The van der Waals surface area contributed by atoms with Gasteiger partial charge in [0, 0.05) is 12.1 Å². The summed E-state index contributed by atoms with van der Waals surface area (Å²) in [5, 5.41) is 13.5. The Hall–Kier alpha value is -2.09. The second kappa shape index (κ2) is 6.13. The molecule has 21 heavy (non-hydrogen) atoms. The van der Waals surface area contributed by atoms with Crippen molar-refractivity contribution in [1.29, 1.82) is 0 Å². The first-order valence-electron chi connectivity index (χ1n) is 6.58. The predicted molar refractivity (Wildman–Crippen MR) is 70.7 cm³/mol. The number of nitrogens with one attached hydrogen (secondary N) is 1. The highest BCUT2D eigenvalue weighted by Crippen LogP contribution is 2.23. The lowest BCUT2D eigenvalue weighted by Gasteiger charge is -2.26. The van der Waals surface area contributed by atoms with E-state index < -0.39 is 33.7 Å². The first-order valence-corrected chi connectivity index (χ1v) is 6.58. The second-order valence-corrected chi connectivity index (χ2v) is 5.13. The Balaban J connectivity index is 2.18. The average molecular weight is 299 g/mol. The Bertz CT molecular complexity index is 572. The van der Waals surface area contributed by atoms with E-state index in [9.17, 15) is 23.7 Å². The van der Waals surface area contributed by atoms with Crippen molar-refractivity contribution in [3.05, 3.63) is 39.4 Å². The summed E-state index contributed by atoms with van der Waals surface area (Å²) in [6.45, 7) is 0. The highest BCUT2D eigenvalue weighted by Gasteiger charge is 2.27. The number of halogens is 2. The van der Waals surface area contributed by atoms with Gasteiger partial charge in [0.1, 0.15) is 5.56 Å². The minimum atomic E-state index is -1.36. The van der Waals surface area contributed by atoms with Gasteiger partial charge in [0.2, 0.25) is 0 Å². The maximum absolute atomic E-state index is 13.2. The van der Waals surface area contributed by atoms with Crippen molar-refractivity contribution in [2.75, 3.05) is 0 Å². The molecule has 6 nitrogen and oxygen atoms in total. The van der Waals surface area contributed by atoms with E-state index in [1.165, 1.54) is 0 Å². The Kier molecular flexibility index (Phi) is 4.46.